The van der Waals surface area contributed by atoms with Crippen molar-refractivity contribution in [1.82, 2.24) is 25.4 Å². The van der Waals surface area contributed by atoms with Crippen molar-refractivity contribution in [3.05, 3.63) is 35.9 Å². The third-order valence-corrected chi connectivity index (χ3v) is 5.00. The van der Waals surface area contributed by atoms with Crippen molar-refractivity contribution >= 4 is 5.96 Å². The van der Waals surface area contributed by atoms with E-state index in [1.807, 2.05) is 31.2 Å². The van der Waals surface area contributed by atoms with Gasteiger partial charge >= 0.3 is 0 Å². The second kappa shape index (κ2) is 10.7. The van der Waals surface area contributed by atoms with E-state index in [1.54, 1.807) is 14.2 Å². The molecule has 1 aliphatic heterocycles. The van der Waals surface area contributed by atoms with Crippen LogP contribution in [0.3, 0.4) is 0 Å². The molecule has 1 aliphatic rings. The molecule has 8 heteroatoms. The van der Waals surface area contributed by atoms with Crippen LogP contribution in [0, 0.1) is 0 Å². The maximum atomic E-state index is 5.98. The van der Waals surface area contributed by atoms with Gasteiger partial charge in [-0.25, -0.2) is 0 Å². The van der Waals surface area contributed by atoms with Crippen LogP contribution in [0.15, 0.2) is 29.3 Å². The highest BCUT2D eigenvalue weighted by Crippen LogP contribution is 2.26. The van der Waals surface area contributed by atoms with Crippen LogP contribution < -0.4 is 20.1 Å². The van der Waals surface area contributed by atoms with Crippen LogP contribution in [-0.2, 0) is 19.4 Å². The fourth-order valence-corrected chi connectivity index (χ4v) is 3.46. The number of fused-ring (bicyclic) bond motifs is 1. The van der Waals surface area contributed by atoms with Gasteiger partial charge in [0.2, 0.25) is 0 Å². The summed E-state index contributed by atoms with van der Waals surface area (Å²) in [4.78, 5) is 4.29. The molecule has 3 rings (SSSR count). The Hall–Kier alpha value is -2.77. The fraction of sp³-hybridized carbons (Fsp3) is 0.571. The number of nitrogens with one attached hydrogen (secondary N) is 2. The molecule has 2 heterocycles. The van der Waals surface area contributed by atoms with E-state index in [9.17, 15) is 0 Å². The molecule has 1 atom stereocenters. The molecule has 0 radical (unpaired) electrons. The van der Waals surface area contributed by atoms with Gasteiger partial charge in [-0.3, -0.25) is 4.99 Å². The summed E-state index contributed by atoms with van der Waals surface area (Å²) < 4.78 is 13.6. The van der Waals surface area contributed by atoms with E-state index in [4.69, 9.17) is 9.47 Å². The first-order valence-corrected chi connectivity index (χ1v) is 10.4. The Morgan fingerprint density at radius 2 is 2.00 bits per heavy atom. The Morgan fingerprint density at radius 3 is 2.79 bits per heavy atom. The third-order valence-electron chi connectivity index (χ3n) is 5.00. The number of benzene rings is 1. The summed E-state index contributed by atoms with van der Waals surface area (Å²) in [7, 11) is 3.41. The van der Waals surface area contributed by atoms with Gasteiger partial charge in [0.25, 0.3) is 0 Å². The van der Waals surface area contributed by atoms with Crippen LogP contribution in [0.5, 0.6) is 11.5 Å². The van der Waals surface area contributed by atoms with E-state index in [-0.39, 0.29) is 6.10 Å². The summed E-state index contributed by atoms with van der Waals surface area (Å²) in [6, 6.07) is 7.66. The lowest BCUT2D eigenvalue weighted by Crippen LogP contribution is -2.42. The van der Waals surface area contributed by atoms with Crippen LogP contribution in [0.4, 0.5) is 0 Å². The van der Waals surface area contributed by atoms with Gasteiger partial charge in [-0.05, 0) is 31.9 Å². The lowest BCUT2D eigenvalue weighted by molar-refractivity contribution is 0.213. The quantitative estimate of drug-likeness (QED) is 0.522. The highest BCUT2D eigenvalue weighted by atomic mass is 16.5. The molecule has 0 fully saturated rings. The second-order valence-electron chi connectivity index (χ2n) is 7.20. The number of ether oxygens (including phenoxy) is 2. The van der Waals surface area contributed by atoms with E-state index < -0.39 is 0 Å². The fourth-order valence-electron chi connectivity index (χ4n) is 3.46. The Labute approximate surface area is 172 Å². The molecule has 8 nitrogen and oxygen atoms in total. The van der Waals surface area contributed by atoms with Gasteiger partial charge in [-0.15, -0.1) is 10.2 Å². The summed E-state index contributed by atoms with van der Waals surface area (Å²) in [6.07, 6.45) is 5.50. The topological polar surface area (TPSA) is 85.6 Å². The highest BCUT2D eigenvalue weighted by Gasteiger charge is 2.14. The van der Waals surface area contributed by atoms with Crippen molar-refractivity contribution < 1.29 is 9.47 Å². The van der Waals surface area contributed by atoms with Crippen molar-refractivity contribution in [1.29, 1.82) is 0 Å². The molecular formula is C21H32N6O2. The second-order valence-corrected chi connectivity index (χ2v) is 7.20. The molecule has 0 spiro atoms. The average Bonchev–Trinajstić information content (AvgIpc) is 2.96. The first-order valence-electron chi connectivity index (χ1n) is 10.4. The largest absolute Gasteiger partial charge is 0.493 e. The van der Waals surface area contributed by atoms with E-state index in [0.717, 1.165) is 55.0 Å². The summed E-state index contributed by atoms with van der Waals surface area (Å²) in [6.45, 7) is 4.41. The first kappa shape index (κ1) is 21.0. The van der Waals surface area contributed by atoms with Crippen LogP contribution in [0.1, 0.15) is 37.8 Å². The minimum Gasteiger partial charge on any atom is -0.493 e. The molecule has 0 aliphatic carbocycles. The number of aromatic nitrogens is 3. The predicted molar refractivity (Wildman–Crippen MR) is 114 cm³/mol. The summed E-state index contributed by atoms with van der Waals surface area (Å²) in [5.41, 5.74) is 0. The first-order chi connectivity index (χ1) is 14.2. The van der Waals surface area contributed by atoms with Crippen LogP contribution >= 0.6 is 0 Å². The normalized spacial score (nSPS) is 15.2. The zero-order chi connectivity index (χ0) is 20.5. The average molecular weight is 401 g/mol. The maximum Gasteiger partial charge on any atom is 0.191 e. The molecule has 0 saturated heterocycles. The molecule has 158 valence electrons. The van der Waals surface area contributed by atoms with E-state index >= 15 is 0 Å². The molecule has 2 aromatic rings. The van der Waals surface area contributed by atoms with E-state index in [1.165, 1.54) is 19.3 Å². The summed E-state index contributed by atoms with van der Waals surface area (Å²) in [5.74, 6) is 4.39. The molecule has 1 aromatic heterocycles. The van der Waals surface area contributed by atoms with Gasteiger partial charge in [0.15, 0.2) is 17.5 Å². The Balaban J connectivity index is 1.43. The lowest BCUT2D eigenvalue weighted by atomic mass is 10.2. The van der Waals surface area contributed by atoms with Gasteiger partial charge < -0.3 is 24.7 Å². The molecule has 2 N–H and O–H groups in total. The summed E-state index contributed by atoms with van der Waals surface area (Å²) in [5, 5.41) is 15.4. The number of aryl methyl sites for hydroxylation is 1. The van der Waals surface area contributed by atoms with E-state index in [2.05, 4.69) is 30.4 Å². The molecule has 1 unspecified atom stereocenters. The molecule has 29 heavy (non-hydrogen) atoms. The molecule has 0 saturated carbocycles. The number of para-hydroxylation sites is 2. The minimum absolute atomic E-state index is 0.0443. The van der Waals surface area contributed by atoms with Crippen molar-refractivity contribution in [3.63, 3.8) is 0 Å². The minimum atomic E-state index is -0.0443. The standard InChI is InChI=1S/C21H32N6O2/c1-16(29-18-10-7-6-9-17(18)28-3)15-24-21(22-2)23-13-12-20-26-25-19-11-5-4-8-14-27(19)20/h6-7,9-10,16H,4-5,8,11-15H2,1-3H3,(H2,22,23,24). The van der Waals surface area contributed by atoms with Gasteiger partial charge in [0.05, 0.1) is 13.7 Å². The highest BCUT2D eigenvalue weighted by molar-refractivity contribution is 5.79. The van der Waals surface area contributed by atoms with Crippen molar-refractivity contribution in [2.45, 2.75) is 51.7 Å². The smallest absolute Gasteiger partial charge is 0.191 e. The van der Waals surface area contributed by atoms with Gasteiger partial charge in [-0.1, -0.05) is 18.6 Å². The van der Waals surface area contributed by atoms with Gasteiger partial charge in [0.1, 0.15) is 17.8 Å². The molecule has 1 aromatic carbocycles. The third kappa shape index (κ3) is 5.85. The Morgan fingerprint density at radius 1 is 1.17 bits per heavy atom. The van der Waals surface area contributed by atoms with Crippen LogP contribution in [0.2, 0.25) is 0 Å². The monoisotopic (exact) mass is 400 g/mol. The Bertz CT molecular complexity index is 804. The lowest BCUT2D eigenvalue weighted by Gasteiger charge is -2.19. The number of nitrogens with zero attached hydrogens (tertiary/aromatic N) is 4. The molecule has 0 amide bonds. The van der Waals surface area contributed by atoms with Crippen LogP contribution in [0.25, 0.3) is 0 Å². The maximum absolute atomic E-state index is 5.98. The Kier molecular flexibility index (Phi) is 7.72. The summed E-state index contributed by atoms with van der Waals surface area (Å²) >= 11 is 0. The van der Waals surface area contributed by atoms with Crippen molar-refractivity contribution in [2.24, 2.45) is 4.99 Å². The number of hydrogen-bond donors (Lipinski definition) is 2. The van der Waals surface area contributed by atoms with Crippen molar-refractivity contribution in [2.75, 3.05) is 27.2 Å². The van der Waals surface area contributed by atoms with E-state index in [0.29, 0.717) is 6.54 Å². The van der Waals surface area contributed by atoms with Gasteiger partial charge in [0, 0.05) is 33.0 Å². The SMILES string of the molecule is CN=C(NCCc1nnc2n1CCCCC2)NCC(C)Oc1ccccc1OC. The zero-order valence-electron chi connectivity index (χ0n) is 17.6. The predicted octanol–water partition coefficient (Wildman–Crippen LogP) is 2.19. The number of rotatable bonds is 8. The number of methoxy groups -OCH3 is 1. The number of guanidine groups is 1. The number of aliphatic imine (C=N–C) groups is 1. The zero-order valence-corrected chi connectivity index (χ0v) is 17.6. The van der Waals surface area contributed by atoms with Crippen molar-refractivity contribution in [3.8, 4) is 11.5 Å². The molecule has 0 bridgehead atoms. The molecular weight excluding hydrogens is 368 g/mol. The van der Waals surface area contributed by atoms with Crippen LogP contribution in [-0.4, -0.2) is 54.1 Å². The van der Waals surface area contributed by atoms with Gasteiger partial charge in [-0.2, -0.15) is 0 Å². The number of hydrogen-bond acceptors (Lipinski definition) is 5.